The Morgan fingerprint density at radius 2 is 1.73 bits per heavy atom. The maximum absolute atomic E-state index is 13.6. The molecule has 2 heterocycles. The molecule has 2 aromatic heterocycles. The summed E-state index contributed by atoms with van der Waals surface area (Å²) < 4.78 is 13.0. The third kappa shape index (κ3) is 7.73. The molecule has 0 fully saturated rings. The zero-order chi connectivity index (χ0) is 32.3. The van der Waals surface area contributed by atoms with E-state index in [0.29, 0.717) is 41.7 Å². The lowest BCUT2D eigenvalue weighted by Gasteiger charge is -2.36. The van der Waals surface area contributed by atoms with Gasteiger partial charge in [0.05, 0.1) is 22.2 Å². The van der Waals surface area contributed by atoms with Crippen LogP contribution in [0.1, 0.15) is 58.3 Å². The lowest BCUT2D eigenvalue weighted by molar-refractivity contribution is 0.0635. The van der Waals surface area contributed by atoms with Gasteiger partial charge >= 0.3 is 6.09 Å². The van der Waals surface area contributed by atoms with Crippen molar-refractivity contribution in [2.75, 3.05) is 18.5 Å². The van der Waals surface area contributed by atoms with Gasteiger partial charge in [-0.2, -0.15) is 0 Å². The predicted octanol–water partition coefficient (Wildman–Crippen LogP) is 7.21. The van der Waals surface area contributed by atoms with Crippen molar-refractivity contribution >= 4 is 42.6 Å². The average molecular weight is 616 g/mol. The second-order valence-corrected chi connectivity index (χ2v) is 18.2. The van der Waals surface area contributed by atoms with Crippen molar-refractivity contribution in [3.05, 3.63) is 83.1 Å². The van der Waals surface area contributed by atoms with Crippen LogP contribution >= 0.6 is 0 Å². The number of carbonyl (C=O) groups is 2. The molecule has 0 aliphatic heterocycles. The number of nitrogens with zero attached hydrogens (tertiary/aromatic N) is 2. The molecule has 0 atom stereocenters. The van der Waals surface area contributed by atoms with Crippen LogP contribution in [0.5, 0.6) is 0 Å². The maximum atomic E-state index is 13.6. The van der Waals surface area contributed by atoms with Crippen LogP contribution in [0.2, 0.25) is 18.1 Å². The number of ether oxygens (including phenoxy) is 1. The van der Waals surface area contributed by atoms with Gasteiger partial charge in [-0.1, -0.05) is 45.0 Å². The van der Waals surface area contributed by atoms with E-state index in [2.05, 4.69) is 44.5 Å². The highest BCUT2D eigenvalue weighted by atomic mass is 28.4. The molecule has 0 saturated carbocycles. The fourth-order valence-electron chi connectivity index (χ4n) is 4.38. The van der Waals surface area contributed by atoms with Gasteiger partial charge in [-0.15, -0.1) is 0 Å². The molecular formula is C34H43N4O5Si. The first-order valence-corrected chi connectivity index (χ1v) is 17.8. The SMILES string of the molecule is CC(C)(C)OC(=O)Nc1ccccc1-c1ccc2nc3c(C(=O)NCC[CH]CO[Si](C)(C)C(C)(C)C)cccn3c(=O)c2c1. The van der Waals surface area contributed by atoms with E-state index in [0.717, 1.165) is 11.1 Å². The topological polar surface area (TPSA) is 111 Å². The summed E-state index contributed by atoms with van der Waals surface area (Å²) in [6.07, 6.45) is 3.74. The number of pyridine rings is 1. The Labute approximate surface area is 260 Å². The van der Waals surface area contributed by atoms with E-state index in [1.54, 1.807) is 57.3 Å². The molecule has 0 saturated heterocycles. The van der Waals surface area contributed by atoms with E-state index in [1.165, 1.54) is 4.40 Å². The summed E-state index contributed by atoms with van der Waals surface area (Å²) in [7, 11) is -1.82. The summed E-state index contributed by atoms with van der Waals surface area (Å²) in [4.78, 5) is 43.9. The fourth-order valence-corrected chi connectivity index (χ4v) is 5.35. The third-order valence-corrected chi connectivity index (χ3v) is 12.3. The monoisotopic (exact) mass is 615 g/mol. The zero-order valence-electron chi connectivity index (χ0n) is 26.9. The number of hydrogen-bond donors (Lipinski definition) is 2. The van der Waals surface area contributed by atoms with Crippen molar-refractivity contribution in [1.29, 1.82) is 0 Å². The van der Waals surface area contributed by atoms with Gasteiger partial charge in [0.2, 0.25) is 0 Å². The first-order chi connectivity index (χ1) is 20.6. The number of para-hydroxylation sites is 1. The molecule has 0 bridgehead atoms. The molecule has 10 heteroatoms. The number of aromatic nitrogens is 2. The molecular weight excluding hydrogens is 572 g/mol. The van der Waals surface area contributed by atoms with Crippen molar-refractivity contribution in [3.8, 4) is 11.1 Å². The minimum absolute atomic E-state index is 0.143. The van der Waals surface area contributed by atoms with Crippen LogP contribution in [0.15, 0.2) is 65.6 Å². The molecule has 0 unspecified atom stereocenters. The Bertz CT molecular complexity index is 1730. The summed E-state index contributed by atoms with van der Waals surface area (Å²) in [5.41, 5.74) is 2.14. The van der Waals surface area contributed by atoms with Crippen LogP contribution < -0.4 is 16.2 Å². The summed E-state index contributed by atoms with van der Waals surface area (Å²) >= 11 is 0. The van der Waals surface area contributed by atoms with Crippen LogP contribution in [0, 0.1) is 6.42 Å². The lowest BCUT2D eigenvalue weighted by atomic mass is 10.0. The quantitative estimate of drug-likeness (QED) is 0.117. The summed E-state index contributed by atoms with van der Waals surface area (Å²) in [5.74, 6) is -0.299. The average Bonchev–Trinajstić information content (AvgIpc) is 2.93. The van der Waals surface area contributed by atoms with Crippen molar-refractivity contribution in [1.82, 2.24) is 14.7 Å². The first kappa shape index (κ1) is 32.9. The molecule has 2 aromatic carbocycles. The Balaban J connectivity index is 1.53. The zero-order valence-corrected chi connectivity index (χ0v) is 27.9. The molecule has 0 spiro atoms. The van der Waals surface area contributed by atoms with E-state index in [4.69, 9.17) is 14.1 Å². The Kier molecular flexibility index (Phi) is 9.65. The second-order valence-electron chi connectivity index (χ2n) is 13.3. The van der Waals surface area contributed by atoms with Gasteiger partial charge in [-0.3, -0.25) is 19.3 Å². The van der Waals surface area contributed by atoms with Gasteiger partial charge in [0.25, 0.3) is 11.5 Å². The number of fused-ring (bicyclic) bond motifs is 2. The van der Waals surface area contributed by atoms with Crippen LogP contribution in [0.25, 0.3) is 27.7 Å². The normalized spacial score (nSPS) is 12.4. The number of carbonyl (C=O) groups excluding carboxylic acids is 2. The van der Waals surface area contributed by atoms with Crippen molar-refractivity contribution in [3.63, 3.8) is 0 Å². The molecule has 1 radical (unpaired) electrons. The van der Waals surface area contributed by atoms with Crippen molar-refractivity contribution in [2.24, 2.45) is 0 Å². The highest BCUT2D eigenvalue weighted by molar-refractivity contribution is 6.74. The van der Waals surface area contributed by atoms with Gasteiger partial charge in [0.15, 0.2) is 14.0 Å². The number of hydrogen-bond acceptors (Lipinski definition) is 6. The predicted molar refractivity (Wildman–Crippen MR) is 179 cm³/mol. The van der Waals surface area contributed by atoms with Gasteiger partial charge in [-0.25, -0.2) is 9.78 Å². The summed E-state index contributed by atoms with van der Waals surface area (Å²) in [6.45, 7) is 17.4. The van der Waals surface area contributed by atoms with Gasteiger partial charge in [0, 0.05) is 24.9 Å². The highest BCUT2D eigenvalue weighted by Gasteiger charge is 2.36. The summed E-state index contributed by atoms with van der Waals surface area (Å²) in [5, 5.41) is 6.28. The van der Waals surface area contributed by atoms with Crippen molar-refractivity contribution < 1.29 is 18.8 Å². The second kappa shape index (κ2) is 12.9. The van der Waals surface area contributed by atoms with Gasteiger partial charge in [0.1, 0.15) is 5.60 Å². The van der Waals surface area contributed by atoms with E-state index in [-0.39, 0.29) is 22.2 Å². The molecule has 0 aliphatic carbocycles. The molecule has 0 aliphatic rings. The number of anilines is 1. The molecule has 9 nitrogen and oxygen atoms in total. The molecule has 4 aromatic rings. The van der Waals surface area contributed by atoms with Gasteiger partial charge in [-0.05, 0) is 87.6 Å². The number of benzene rings is 2. The van der Waals surface area contributed by atoms with E-state index in [1.807, 2.05) is 30.7 Å². The minimum Gasteiger partial charge on any atom is -0.444 e. The van der Waals surface area contributed by atoms with Crippen LogP contribution in [-0.4, -0.2) is 48.5 Å². The van der Waals surface area contributed by atoms with Gasteiger partial charge < -0.3 is 14.5 Å². The minimum atomic E-state index is -1.82. The lowest BCUT2D eigenvalue weighted by Crippen LogP contribution is -2.41. The molecule has 44 heavy (non-hydrogen) atoms. The van der Waals surface area contributed by atoms with E-state index < -0.39 is 20.0 Å². The smallest absolute Gasteiger partial charge is 0.412 e. The fraction of sp³-hybridized carbons (Fsp3) is 0.382. The number of nitrogens with one attached hydrogen (secondary N) is 2. The molecule has 233 valence electrons. The Morgan fingerprint density at radius 3 is 2.43 bits per heavy atom. The van der Waals surface area contributed by atoms with Crippen LogP contribution in [0.3, 0.4) is 0 Å². The molecule has 4 rings (SSSR count). The first-order valence-electron chi connectivity index (χ1n) is 14.9. The Morgan fingerprint density at radius 1 is 1.00 bits per heavy atom. The van der Waals surface area contributed by atoms with Crippen molar-refractivity contribution in [2.45, 2.75) is 71.7 Å². The number of amides is 2. The highest BCUT2D eigenvalue weighted by Crippen LogP contribution is 2.36. The number of unbranched alkanes of at least 4 members (excludes halogenated alkanes) is 1. The third-order valence-electron chi connectivity index (χ3n) is 7.76. The largest absolute Gasteiger partial charge is 0.444 e. The van der Waals surface area contributed by atoms with E-state index in [9.17, 15) is 14.4 Å². The number of rotatable bonds is 9. The Hall–Kier alpha value is -4.02. The van der Waals surface area contributed by atoms with Crippen LogP contribution in [-0.2, 0) is 9.16 Å². The summed E-state index contributed by atoms with van der Waals surface area (Å²) in [6, 6.07) is 16.0. The molecule has 2 N–H and O–H groups in total. The standard InChI is InChI=1S/C34H43N4O5Si/c1-33(2,3)43-32(41)37-27-16-10-9-14-24(27)23-17-18-28-26(22-23)31(40)38-20-13-15-25(29(38)36-28)30(39)35-19-11-12-21-42-44(7,8)34(4,5)6/h9-10,12-18,20,22H,11,19,21H2,1-8H3,(H,35,39)(H,37,41). The maximum Gasteiger partial charge on any atom is 0.412 e. The van der Waals surface area contributed by atoms with Crippen LogP contribution in [0.4, 0.5) is 10.5 Å². The van der Waals surface area contributed by atoms with E-state index >= 15 is 0 Å². The molecule has 2 amide bonds.